The third kappa shape index (κ3) is 7.33. The van der Waals surface area contributed by atoms with E-state index in [-0.39, 0.29) is 0 Å². The zero-order chi connectivity index (χ0) is 21.9. The molecule has 31 heavy (non-hydrogen) atoms. The average Bonchev–Trinajstić information content (AvgIpc) is 2.84. The van der Waals surface area contributed by atoms with Crippen molar-refractivity contribution < 1.29 is 28.2 Å². The average molecular weight is 422 g/mol. The van der Waals surface area contributed by atoms with Crippen LogP contribution in [0.3, 0.4) is 0 Å². The van der Waals surface area contributed by atoms with E-state index in [1.807, 2.05) is 72.8 Å². The van der Waals surface area contributed by atoms with E-state index in [9.17, 15) is 0 Å². The van der Waals surface area contributed by atoms with Crippen LogP contribution in [0.4, 0.5) is 0 Å². The number of benzene rings is 3. The lowest BCUT2D eigenvalue weighted by atomic mass is 10.1. The van der Waals surface area contributed by atoms with Crippen molar-refractivity contribution in [3.8, 4) is 17.2 Å². The van der Waals surface area contributed by atoms with Gasteiger partial charge in [-0.15, -0.1) is 0 Å². The van der Waals surface area contributed by atoms with E-state index in [2.05, 4.69) is 0 Å². The summed E-state index contributed by atoms with van der Waals surface area (Å²) in [5.74, 6) is 2.39. The summed E-state index contributed by atoms with van der Waals surface area (Å²) in [4.78, 5) is 0. The van der Waals surface area contributed by atoms with Gasteiger partial charge < -0.3 is 28.2 Å². The summed E-state index contributed by atoms with van der Waals surface area (Å²) in [6, 6.07) is 23.0. The van der Waals surface area contributed by atoms with Crippen molar-refractivity contribution >= 4 is 7.32 Å². The van der Waals surface area contributed by atoms with Crippen LogP contribution in [0.5, 0.6) is 17.2 Å². The SMILES string of the molecule is COc1ccc(COB(OCc2ccc(OC)cc2)OCc2ccc(OC)cc2)cc1. The number of methoxy groups -OCH3 is 3. The van der Waals surface area contributed by atoms with Crippen LogP contribution in [0.15, 0.2) is 72.8 Å². The lowest BCUT2D eigenvalue weighted by Gasteiger charge is -2.15. The zero-order valence-electron chi connectivity index (χ0n) is 18.1. The molecule has 0 bridgehead atoms. The van der Waals surface area contributed by atoms with Gasteiger partial charge in [-0.1, -0.05) is 36.4 Å². The Morgan fingerprint density at radius 3 is 0.935 bits per heavy atom. The lowest BCUT2D eigenvalue weighted by Crippen LogP contribution is -2.27. The van der Waals surface area contributed by atoms with Gasteiger partial charge >= 0.3 is 7.32 Å². The van der Waals surface area contributed by atoms with Crippen molar-refractivity contribution in [2.24, 2.45) is 0 Å². The van der Waals surface area contributed by atoms with Gasteiger partial charge in [0.1, 0.15) is 17.2 Å². The predicted molar refractivity (Wildman–Crippen MR) is 119 cm³/mol. The molecular formula is C24H27BO6. The van der Waals surface area contributed by atoms with E-state index < -0.39 is 7.32 Å². The largest absolute Gasteiger partial charge is 0.640 e. The summed E-state index contributed by atoms with van der Waals surface area (Å²) < 4.78 is 33.3. The Labute approximate surface area is 183 Å². The fraction of sp³-hybridized carbons (Fsp3) is 0.250. The van der Waals surface area contributed by atoms with Gasteiger partial charge in [-0.2, -0.15) is 0 Å². The predicted octanol–water partition coefficient (Wildman–Crippen LogP) is 4.65. The molecule has 0 amide bonds. The van der Waals surface area contributed by atoms with Crippen molar-refractivity contribution in [2.75, 3.05) is 21.3 Å². The van der Waals surface area contributed by atoms with Crippen LogP contribution >= 0.6 is 0 Å². The molecular weight excluding hydrogens is 395 g/mol. The van der Waals surface area contributed by atoms with Crippen molar-refractivity contribution in [3.05, 3.63) is 89.5 Å². The molecule has 6 nitrogen and oxygen atoms in total. The number of hydrogen-bond donors (Lipinski definition) is 0. The summed E-state index contributed by atoms with van der Waals surface area (Å²) in [5.41, 5.74) is 2.98. The smallest absolute Gasteiger partial charge is 0.497 e. The van der Waals surface area contributed by atoms with Crippen molar-refractivity contribution in [3.63, 3.8) is 0 Å². The molecule has 0 radical (unpaired) electrons. The van der Waals surface area contributed by atoms with E-state index in [1.54, 1.807) is 21.3 Å². The maximum atomic E-state index is 5.90. The van der Waals surface area contributed by atoms with Crippen LogP contribution in [-0.4, -0.2) is 28.7 Å². The molecule has 0 N–H and O–H groups in total. The molecule has 0 saturated carbocycles. The maximum Gasteiger partial charge on any atom is 0.640 e. The van der Waals surface area contributed by atoms with Gasteiger partial charge in [0.05, 0.1) is 41.2 Å². The molecule has 0 fully saturated rings. The van der Waals surface area contributed by atoms with Gasteiger partial charge in [0.15, 0.2) is 0 Å². The lowest BCUT2D eigenvalue weighted by molar-refractivity contribution is 0.0766. The zero-order valence-corrected chi connectivity index (χ0v) is 18.1. The van der Waals surface area contributed by atoms with E-state index >= 15 is 0 Å². The molecule has 0 aliphatic rings. The molecule has 3 aromatic rings. The quantitative estimate of drug-likeness (QED) is 0.396. The Morgan fingerprint density at radius 1 is 0.452 bits per heavy atom. The van der Waals surface area contributed by atoms with Gasteiger partial charge in [0.25, 0.3) is 0 Å². The highest BCUT2D eigenvalue weighted by Gasteiger charge is 2.22. The topological polar surface area (TPSA) is 55.4 Å². The summed E-state index contributed by atoms with van der Waals surface area (Å²) in [6.07, 6.45) is 0. The Kier molecular flexibility index (Phi) is 8.78. The minimum absolute atomic E-state index is 0.347. The van der Waals surface area contributed by atoms with Crippen LogP contribution < -0.4 is 14.2 Å². The summed E-state index contributed by atoms with van der Waals surface area (Å²) in [5, 5.41) is 0. The molecule has 0 aromatic heterocycles. The third-order valence-corrected chi connectivity index (χ3v) is 4.64. The number of rotatable bonds is 12. The highest BCUT2D eigenvalue weighted by Crippen LogP contribution is 2.16. The first-order valence-electron chi connectivity index (χ1n) is 9.94. The molecule has 3 rings (SSSR count). The number of hydrogen-bond acceptors (Lipinski definition) is 6. The molecule has 0 aliphatic heterocycles. The second-order valence-corrected chi connectivity index (χ2v) is 6.77. The van der Waals surface area contributed by atoms with Crippen molar-refractivity contribution in [1.29, 1.82) is 0 Å². The first-order valence-corrected chi connectivity index (χ1v) is 9.94. The van der Waals surface area contributed by atoms with Gasteiger partial charge in [-0.3, -0.25) is 0 Å². The van der Waals surface area contributed by atoms with Crippen LogP contribution in [-0.2, 0) is 33.8 Å². The molecule has 0 saturated heterocycles. The molecule has 0 aliphatic carbocycles. The van der Waals surface area contributed by atoms with Gasteiger partial charge in [0, 0.05) is 0 Å². The molecule has 7 heteroatoms. The first-order chi connectivity index (χ1) is 15.2. The van der Waals surface area contributed by atoms with Crippen LogP contribution in [0.2, 0.25) is 0 Å². The Morgan fingerprint density at radius 2 is 0.710 bits per heavy atom. The number of ether oxygens (including phenoxy) is 3. The summed E-state index contributed by atoms with van der Waals surface area (Å²) in [7, 11) is 4.09. The minimum atomic E-state index is -0.827. The molecule has 0 atom stereocenters. The van der Waals surface area contributed by atoms with Gasteiger partial charge in [-0.25, -0.2) is 0 Å². The van der Waals surface area contributed by atoms with Crippen LogP contribution in [0.25, 0.3) is 0 Å². The van der Waals surface area contributed by atoms with Gasteiger partial charge in [0.2, 0.25) is 0 Å². The van der Waals surface area contributed by atoms with Gasteiger partial charge in [-0.05, 0) is 53.1 Å². The highest BCUT2D eigenvalue weighted by atomic mass is 16.7. The second-order valence-electron chi connectivity index (χ2n) is 6.77. The Balaban J connectivity index is 1.59. The molecule has 0 heterocycles. The van der Waals surface area contributed by atoms with Crippen LogP contribution in [0, 0.1) is 0 Å². The molecule has 162 valence electrons. The van der Waals surface area contributed by atoms with E-state index in [0.29, 0.717) is 19.8 Å². The summed E-state index contributed by atoms with van der Waals surface area (Å²) in [6.45, 7) is 1.04. The molecule has 0 spiro atoms. The van der Waals surface area contributed by atoms with E-state index in [4.69, 9.17) is 28.2 Å². The van der Waals surface area contributed by atoms with Crippen LogP contribution in [0.1, 0.15) is 16.7 Å². The highest BCUT2D eigenvalue weighted by molar-refractivity contribution is 6.36. The second kappa shape index (κ2) is 12.0. The monoisotopic (exact) mass is 422 g/mol. The van der Waals surface area contributed by atoms with E-state index in [0.717, 1.165) is 33.9 Å². The first kappa shape index (κ1) is 22.7. The van der Waals surface area contributed by atoms with Crippen molar-refractivity contribution in [2.45, 2.75) is 19.8 Å². The fourth-order valence-electron chi connectivity index (χ4n) is 2.80. The molecule has 3 aromatic carbocycles. The standard InChI is InChI=1S/C24H27BO6/c1-26-22-10-4-19(5-11-22)16-29-25(30-17-20-6-12-23(27-2)13-7-20)31-18-21-8-14-24(28-3)15-9-21/h4-15H,16-18H2,1-3H3. The van der Waals surface area contributed by atoms with E-state index in [1.165, 1.54) is 0 Å². The minimum Gasteiger partial charge on any atom is -0.497 e. The Bertz CT molecular complexity index is 774. The summed E-state index contributed by atoms with van der Waals surface area (Å²) >= 11 is 0. The van der Waals surface area contributed by atoms with Crippen molar-refractivity contribution in [1.82, 2.24) is 0 Å². The normalized spacial score (nSPS) is 10.5. The Hall–Kier alpha value is -3.00. The maximum absolute atomic E-state index is 5.90. The molecule has 0 unspecified atom stereocenters. The fourth-order valence-corrected chi connectivity index (χ4v) is 2.80. The third-order valence-electron chi connectivity index (χ3n) is 4.64.